The van der Waals surface area contributed by atoms with E-state index in [4.69, 9.17) is 5.21 Å². The Hall–Kier alpha value is -3.12. The van der Waals surface area contributed by atoms with Crippen molar-refractivity contribution < 1.29 is 10.0 Å². The first kappa shape index (κ1) is 14.8. The van der Waals surface area contributed by atoms with Crippen LogP contribution in [0.5, 0.6) is 0 Å². The van der Waals surface area contributed by atoms with Crippen molar-refractivity contribution in [2.24, 2.45) is 0 Å². The van der Waals surface area contributed by atoms with Crippen molar-refractivity contribution >= 4 is 28.6 Å². The Bertz CT molecular complexity index is 854. The average Bonchev–Trinajstić information content (AvgIpc) is 3.06. The quantitative estimate of drug-likeness (QED) is 0.331. The van der Waals surface area contributed by atoms with E-state index in [9.17, 15) is 4.79 Å². The minimum absolute atomic E-state index is 0.565. The van der Waals surface area contributed by atoms with Gasteiger partial charge in [-0.2, -0.15) is 5.10 Å². The highest BCUT2D eigenvalue weighted by molar-refractivity contribution is 5.91. The summed E-state index contributed by atoms with van der Waals surface area (Å²) in [6.07, 6.45) is 4.71. The normalized spacial score (nSPS) is 11.0. The number of rotatable bonds is 5. The maximum Gasteiger partial charge on any atom is 0.267 e. The number of nitrogens with one attached hydrogen (secondary N) is 3. The number of carbonyl (C=O) groups is 1. The molecule has 0 bridgehead atoms. The van der Waals surface area contributed by atoms with E-state index in [1.165, 1.54) is 6.08 Å². The standard InChI is InChI=1S/C17H16N4O2/c22-17(21-23)8-7-13-3-1-2-4-15(13)18-10-12-5-6-14-11-19-20-16(14)9-12/h1-9,11,18,23H,10H2,(H,19,20)(H,21,22)/b8-7+. The Labute approximate surface area is 132 Å². The van der Waals surface area contributed by atoms with E-state index in [1.807, 2.05) is 42.5 Å². The summed E-state index contributed by atoms with van der Waals surface area (Å²) in [5, 5.41) is 19.9. The molecule has 23 heavy (non-hydrogen) atoms. The van der Waals surface area contributed by atoms with E-state index >= 15 is 0 Å². The molecule has 0 atom stereocenters. The van der Waals surface area contributed by atoms with Gasteiger partial charge in [0.25, 0.3) is 5.91 Å². The predicted octanol–water partition coefficient (Wildman–Crippen LogP) is 2.69. The van der Waals surface area contributed by atoms with E-state index in [2.05, 4.69) is 15.5 Å². The summed E-state index contributed by atoms with van der Waals surface area (Å²) >= 11 is 0. The van der Waals surface area contributed by atoms with Crippen LogP contribution in [0, 0.1) is 0 Å². The van der Waals surface area contributed by atoms with Crippen LogP contribution in [0.1, 0.15) is 11.1 Å². The Morgan fingerprint density at radius 2 is 2.13 bits per heavy atom. The smallest absolute Gasteiger partial charge is 0.267 e. The highest BCUT2D eigenvalue weighted by Gasteiger charge is 2.01. The van der Waals surface area contributed by atoms with Crippen molar-refractivity contribution in [3.05, 3.63) is 65.9 Å². The van der Waals surface area contributed by atoms with Crippen LogP contribution < -0.4 is 10.8 Å². The molecule has 0 saturated heterocycles. The summed E-state index contributed by atoms with van der Waals surface area (Å²) in [5.74, 6) is -0.565. The second-order valence-electron chi connectivity index (χ2n) is 5.04. The molecule has 0 radical (unpaired) electrons. The molecule has 0 aliphatic rings. The van der Waals surface area contributed by atoms with Crippen LogP contribution in [0.25, 0.3) is 17.0 Å². The minimum atomic E-state index is -0.565. The Morgan fingerprint density at radius 1 is 1.26 bits per heavy atom. The monoisotopic (exact) mass is 308 g/mol. The Kier molecular flexibility index (Phi) is 4.35. The molecule has 3 rings (SSSR count). The van der Waals surface area contributed by atoms with Gasteiger partial charge in [-0.3, -0.25) is 15.1 Å². The number of hydroxylamine groups is 1. The second-order valence-corrected chi connectivity index (χ2v) is 5.04. The number of hydrogen-bond acceptors (Lipinski definition) is 4. The number of aromatic nitrogens is 2. The van der Waals surface area contributed by atoms with Crippen LogP contribution in [0.2, 0.25) is 0 Å². The van der Waals surface area contributed by atoms with Crippen molar-refractivity contribution in [2.45, 2.75) is 6.54 Å². The fourth-order valence-electron chi connectivity index (χ4n) is 2.30. The molecule has 0 spiro atoms. The first-order valence-corrected chi connectivity index (χ1v) is 7.13. The van der Waals surface area contributed by atoms with Gasteiger partial charge in [-0.05, 0) is 29.3 Å². The van der Waals surface area contributed by atoms with Gasteiger partial charge in [-0.1, -0.05) is 30.3 Å². The lowest BCUT2D eigenvalue weighted by Gasteiger charge is -2.10. The first-order valence-electron chi connectivity index (χ1n) is 7.13. The first-order chi connectivity index (χ1) is 11.3. The summed E-state index contributed by atoms with van der Waals surface area (Å²) < 4.78 is 0. The molecule has 0 saturated carbocycles. The van der Waals surface area contributed by atoms with Crippen LogP contribution in [0.4, 0.5) is 5.69 Å². The SMILES string of the molecule is O=C(/C=C/c1ccccc1NCc1ccc2cn[nH]c2c1)NO. The van der Waals surface area contributed by atoms with Gasteiger partial charge in [0.15, 0.2) is 0 Å². The van der Waals surface area contributed by atoms with Crippen LogP contribution in [0.15, 0.2) is 54.7 Å². The number of para-hydroxylation sites is 1. The fourth-order valence-corrected chi connectivity index (χ4v) is 2.30. The van der Waals surface area contributed by atoms with Gasteiger partial charge >= 0.3 is 0 Å². The molecule has 0 aliphatic carbocycles. The van der Waals surface area contributed by atoms with Crippen molar-refractivity contribution in [3.63, 3.8) is 0 Å². The minimum Gasteiger partial charge on any atom is -0.380 e. The maximum atomic E-state index is 11.1. The van der Waals surface area contributed by atoms with Crippen molar-refractivity contribution in [2.75, 3.05) is 5.32 Å². The zero-order valence-electron chi connectivity index (χ0n) is 12.3. The molecule has 6 nitrogen and oxygen atoms in total. The highest BCUT2D eigenvalue weighted by atomic mass is 16.5. The molecule has 116 valence electrons. The predicted molar refractivity (Wildman–Crippen MR) is 88.8 cm³/mol. The largest absolute Gasteiger partial charge is 0.380 e. The molecular formula is C17H16N4O2. The molecule has 6 heteroatoms. The van der Waals surface area contributed by atoms with Crippen LogP contribution in [0.3, 0.4) is 0 Å². The molecule has 0 aliphatic heterocycles. The third-order valence-corrected chi connectivity index (χ3v) is 3.47. The zero-order chi connectivity index (χ0) is 16.1. The van der Waals surface area contributed by atoms with Gasteiger partial charge < -0.3 is 5.32 Å². The summed E-state index contributed by atoms with van der Waals surface area (Å²) in [5.41, 5.74) is 5.45. The average molecular weight is 308 g/mol. The third kappa shape index (κ3) is 3.56. The number of anilines is 1. The third-order valence-electron chi connectivity index (χ3n) is 3.47. The highest BCUT2D eigenvalue weighted by Crippen LogP contribution is 2.19. The van der Waals surface area contributed by atoms with E-state index in [0.29, 0.717) is 6.54 Å². The Morgan fingerprint density at radius 3 is 3.00 bits per heavy atom. The van der Waals surface area contributed by atoms with Crippen LogP contribution in [-0.2, 0) is 11.3 Å². The number of benzene rings is 2. The summed E-state index contributed by atoms with van der Waals surface area (Å²) in [4.78, 5) is 11.1. The van der Waals surface area contributed by atoms with Crippen LogP contribution in [-0.4, -0.2) is 21.3 Å². The number of amides is 1. The molecule has 1 amide bonds. The van der Waals surface area contributed by atoms with Gasteiger partial charge in [0.2, 0.25) is 0 Å². The van der Waals surface area contributed by atoms with Crippen LogP contribution >= 0.6 is 0 Å². The molecule has 0 fully saturated rings. The van der Waals surface area contributed by atoms with E-state index in [1.54, 1.807) is 17.8 Å². The number of carbonyl (C=O) groups excluding carboxylic acids is 1. The van der Waals surface area contributed by atoms with Gasteiger partial charge in [-0.25, -0.2) is 5.48 Å². The van der Waals surface area contributed by atoms with E-state index < -0.39 is 5.91 Å². The van der Waals surface area contributed by atoms with Gasteiger partial charge in [0.1, 0.15) is 0 Å². The van der Waals surface area contributed by atoms with E-state index in [0.717, 1.165) is 27.7 Å². The zero-order valence-corrected chi connectivity index (χ0v) is 12.3. The topological polar surface area (TPSA) is 90.0 Å². The molecule has 1 heterocycles. The number of nitrogens with zero attached hydrogens (tertiary/aromatic N) is 1. The number of hydrogen-bond donors (Lipinski definition) is 4. The van der Waals surface area contributed by atoms with Crippen molar-refractivity contribution in [3.8, 4) is 0 Å². The number of aromatic amines is 1. The number of fused-ring (bicyclic) bond motifs is 1. The molecule has 2 aromatic carbocycles. The van der Waals surface area contributed by atoms with Gasteiger partial charge in [0, 0.05) is 23.7 Å². The Balaban J connectivity index is 1.74. The van der Waals surface area contributed by atoms with Gasteiger partial charge in [0.05, 0.1) is 11.7 Å². The van der Waals surface area contributed by atoms with Crippen molar-refractivity contribution in [1.29, 1.82) is 0 Å². The summed E-state index contributed by atoms with van der Waals surface area (Å²) in [7, 11) is 0. The molecule has 0 unspecified atom stereocenters. The lowest BCUT2D eigenvalue weighted by atomic mass is 10.1. The molecule has 1 aromatic heterocycles. The molecular weight excluding hydrogens is 292 g/mol. The second kappa shape index (κ2) is 6.76. The lowest BCUT2D eigenvalue weighted by molar-refractivity contribution is -0.124. The van der Waals surface area contributed by atoms with E-state index in [-0.39, 0.29) is 0 Å². The summed E-state index contributed by atoms with van der Waals surface area (Å²) in [6.45, 7) is 0.645. The fraction of sp³-hybridized carbons (Fsp3) is 0.0588. The summed E-state index contributed by atoms with van der Waals surface area (Å²) in [6, 6.07) is 13.7. The molecule has 3 aromatic rings. The number of H-pyrrole nitrogens is 1. The maximum absolute atomic E-state index is 11.1. The lowest BCUT2D eigenvalue weighted by Crippen LogP contribution is -2.14. The van der Waals surface area contributed by atoms with Crippen molar-refractivity contribution in [1.82, 2.24) is 15.7 Å². The van der Waals surface area contributed by atoms with Gasteiger partial charge in [-0.15, -0.1) is 0 Å². The molecule has 4 N–H and O–H groups in total.